The Morgan fingerprint density at radius 2 is 1.75 bits per heavy atom. The van der Waals surface area contributed by atoms with Crippen molar-refractivity contribution in [3.63, 3.8) is 0 Å². The molecule has 2 aliphatic carbocycles. The predicted molar refractivity (Wildman–Crippen MR) is 80.3 cm³/mol. The van der Waals surface area contributed by atoms with Gasteiger partial charge in [0, 0.05) is 25.6 Å². The summed E-state index contributed by atoms with van der Waals surface area (Å²) in [5.74, 6) is 3.20. The van der Waals surface area contributed by atoms with Crippen molar-refractivity contribution in [2.24, 2.45) is 29.6 Å². The third kappa shape index (κ3) is 2.90. The normalized spacial score (nSPS) is 46.0. The molecular weight excluding hydrogens is 250 g/mol. The first-order valence-electron chi connectivity index (χ1n) is 8.63. The van der Waals surface area contributed by atoms with E-state index in [0.717, 1.165) is 44.3 Å². The molecule has 3 fully saturated rings. The van der Waals surface area contributed by atoms with Crippen LogP contribution in [0.1, 0.15) is 46.0 Å². The van der Waals surface area contributed by atoms with Gasteiger partial charge in [0.1, 0.15) is 0 Å². The molecule has 1 saturated heterocycles. The zero-order chi connectivity index (χ0) is 14.3. The van der Waals surface area contributed by atoms with Crippen LogP contribution in [0.4, 0.5) is 0 Å². The zero-order valence-electron chi connectivity index (χ0n) is 13.0. The Kier molecular flexibility index (Phi) is 4.40. The van der Waals surface area contributed by atoms with Crippen LogP contribution >= 0.6 is 0 Å². The predicted octanol–water partition coefficient (Wildman–Crippen LogP) is 2.12. The topological polar surface area (TPSA) is 43.7 Å². The van der Waals surface area contributed by atoms with Gasteiger partial charge >= 0.3 is 0 Å². The van der Waals surface area contributed by atoms with Crippen molar-refractivity contribution in [1.82, 2.24) is 4.90 Å². The van der Waals surface area contributed by atoms with E-state index in [9.17, 15) is 10.2 Å². The van der Waals surface area contributed by atoms with Gasteiger partial charge in [0.2, 0.25) is 0 Å². The third-order valence-corrected chi connectivity index (χ3v) is 6.31. The molecule has 1 heterocycles. The highest BCUT2D eigenvalue weighted by atomic mass is 16.3. The van der Waals surface area contributed by atoms with Gasteiger partial charge in [-0.15, -0.1) is 0 Å². The number of rotatable bonds is 3. The fourth-order valence-corrected chi connectivity index (χ4v) is 4.90. The van der Waals surface area contributed by atoms with Crippen LogP contribution in [0.2, 0.25) is 0 Å². The lowest BCUT2D eigenvalue weighted by Crippen LogP contribution is -2.39. The number of aliphatic hydroxyl groups is 2. The number of hydrogen-bond donors (Lipinski definition) is 2. The molecular formula is C17H31NO2. The van der Waals surface area contributed by atoms with E-state index in [1.54, 1.807) is 0 Å². The van der Waals surface area contributed by atoms with Crippen molar-refractivity contribution in [3.8, 4) is 0 Å². The fourth-order valence-electron chi connectivity index (χ4n) is 4.90. The second-order valence-electron chi connectivity index (χ2n) is 7.93. The van der Waals surface area contributed by atoms with E-state index in [0.29, 0.717) is 17.8 Å². The van der Waals surface area contributed by atoms with Gasteiger partial charge in [-0.05, 0) is 55.8 Å². The number of fused-ring (bicyclic) bond motifs is 1. The van der Waals surface area contributed by atoms with E-state index in [1.807, 2.05) is 0 Å². The van der Waals surface area contributed by atoms with Crippen LogP contribution in [0.15, 0.2) is 0 Å². The monoisotopic (exact) mass is 281 g/mol. The Hall–Kier alpha value is -0.120. The Labute approximate surface area is 123 Å². The van der Waals surface area contributed by atoms with Gasteiger partial charge in [-0.25, -0.2) is 0 Å². The summed E-state index contributed by atoms with van der Waals surface area (Å²) in [7, 11) is 0. The lowest BCUT2D eigenvalue weighted by atomic mass is 9.74. The van der Waals surface area contributed by atoms with Crippen LogP contribution < -0.4 is 0 Å². The molecule has 6 unspecified atom stereocenters. The largest absolute Gasteiger partial charge is 0.393 e. The Morgan fingerprint density at radius 1 is 1.00 bits per heavy atom. The first-order valence-corrected chi connectivity index (χ1v) is 8.63. The molecule has 3 heteroatoms. The van der Waals surface area contributed by atoms with Crippen molar-refractivity contribution in [2.75, 3.05) is 19.6 Å². The van der Waals surface area contributed by atoms with E-state index in [4.69, 9.17) is 0 Å². The minimum Gasteiger partial charge on any atom is -0.393 e. The molecule has 3 rings (SSSR count). The second-order valence-corrected chi connectivity index (χ2v) is 7.93. The van der Waals surface area contributed by atoms with Crippen LogP contribution in [-0.4, -0.2) is 47.0 Å². The van der Waals surface area contributed by atoms with Gasteiger partial charge in [-0.2, -0.15) is 0 Å². The van der Waals surface area contributed by atoms with Crippen molar-refractivity contribution in [3.05, 3.63) is 0 Å². The molecule has 116 valence electrons. The molecule has 2 saturated carbocycles. The minimum absolute atomic E-state index is 0.0651. The summed E-state index contributed by atoms with van der Waals surface area (Å²) in [5, 5.41) is 20.3. The number of hydrogen-bond acceptors (Lipinski definition) is 3. The summed E-state index contributed by atoms with van der Waals surface area (Å²) in [6.07, 6.45) is 5.40. The average molecular weight is 281 g/mol. The van der Waals surface area contributed by atoms with Gasteiger partial charge in [-0.3, -0.25) is 0 Å². The molecule has 1 aliphatic heterocycles. The quantitative estimate of drug-likeness (QED) is 0.833. The zero-order valence-corrected chi connectivity index (χ0v) is 13.0. The van der Waals surface area contributed by atoms with E-state index in [1.165, 1.54) is 19.3 Å². The van der Waals surface area contributed by atoms with Crippen molar-refractivity contribution < 1.29 is 10.2 Å². The molecule has 6 atom stereocenters. The van der Waals surface area contributed by atoms with Crippen LogP contribution in [0.3, 0.4) is 0 Å². The first kappa shape index (κ1) is 14.8. The Bertz CT molecular complexity index is 333. The van der Waals surface area contributed by atoms with Gasteiger partial charge in [0.15, 0.2) is 0 Å². The van der Waals surface area contributed by atoms with E-state index in [2.05, 4.69) is 18.7 Å². The first-order chi connectivity index (χ1) is 9.54. The molecule has 0 bridgehead atoms. The van der Waals surface area contributed by atoms with Crippen LogP contribution in [-0.2, 0) is 0 Å². The average Bonchev–Trinajstić information content (AvgIpc) is 2.94. The molecule has 0 aromatic rings. The van der Waals surface area contributed by atoms with Crippen molar-refractivity contribution >= 4 is 0 Å². The maximum Gasteiger partial charge on any atom is 0.0583 e. The summed E-state index contributed by atoms with van der Waals surface area (Å²) in [5.41, 5.74) is 0. The van der Waals surface area contributed by atoms with Gasteiger partial charge in [0.25, 0.3) is 0 Å². The van der Waals surface area contributed by atoms with Crippen LogP contribution in [0.5, 0.6) is 0 Å². The molecule has 3 aliphatic rings. The fraction of sp³-hybridized carbons (Fsp3) is 1.00. The van der Waals surface area contributed by atoms with Gasteiger partial charge in [0.05, 0.1) is 12.2 Å². The summed E-state index contributed by atoms with van der Waals surface area (Å²) >= 11 is 0. The Morgan fingerprint density at radius 3 is 2.45 bits per heavy atom. The highest BCUT2D eigenvalue weighted by Crippen LogP contribution is 2.40. The number of nitrogens with zero attached hydrogens (tertiary/aromatic N) is 1. The summed E-state index contributed by atoms with van der Waals surface area (Å²) < 4.78 is 0. The smallest absolute Gasteiger partial charge is 0.0583 e. The molecule has 2 N–H and O–H groups in total. The van der Waals surface area contributed by atoms with Crippen molar-refractivity contribution in [2.45, 2.75) is 58.2 Å². The number of likely N-dealkylation sites (tertiary alicyclic amines) is 1. The molecule has 0 amide bonds. The second kappa shape index (κ2) is 5.94. The summed E-state index contributed by atoms with van der Waals surface area (Å²) in [4.78, 5) is 2.52. The van der Waals surface area contributed by atoms with Gasteiger partial charge < -0.3 is 15.1 Å². The molecule has 0 radical (unpaired) electrons. The minimum atomic E-state index is -0.102. The molecule has 0 spiro atoms. The molecule has 3 nitrogen and oxygen atoms in total. The lowest BCUT2D eigenvalue weighted by Gasteiger charge is -2.37. The maximum atomic E-state index is 10.3. The van der Waals surface area contributed by atoms with E-state index in [-0.39, 0.29) is 12.2 Å². The van der Waals surface area contributed by atoms with Gasteiger partial charge in [-0.1, -0.05) is 13.8 Å². The van der Waals surface area contributed by atoms with Crippen LogP contribution in [0, 0.1) is 29.6 Å². The highest BCUT2D eigenvalue weighted by Gasteiger charge is 2.43. The SMILES string of the molecule is CC(C)C1CCC(O)C(CN2CC3CCC(O)C3C2)C1. The van der Waals surface area contributed by atoms with E-state index >= 15 is 0 Å². The maximum absolute atomic E-state index is 10.3. The van der Waals surface area contributed by atoms with Crippen LogP contribution in [0.25, 0.3) is 0 Å². The highest BCUT2D eigenvalue weighted by molar-refractivity contribution is 4.95. The molecule has 20 heavy (non-hydrogen) atoms. The lowest BCUT2D eigenvalue weighted by molar-refractivity contribution is 0.0196. The molecule has 0 aromatic carbocycles. The van der Waals surface area contributed by atoms with E-state index < -0.39 is 0 Å². The summed E-state index contributed by atoms with van der Waals surface area (Å²) in [6, 6.07) is 0. The summed E-state index contributed by atoms with van der Waals surface area (Å²) in [6.45, 7) is 7.88. The number of aliphatic hydroxyl groups excluding tert-OH is 2. The third-order valence-electron chi connectivity index (χ3n) is 6.31. The molecule has 0 aromatic heterocycles. The van der Waals surface area contributed by atoms with Crippen molar-refractivity contribution in [1.29, 1.82) is 0 Å². The standard InChI is InChI=1S/C17H31NO2/c1-11(2)12-3-5-16(19)14(7-12)9-18-8-13-4-6-17(20)15(13)10-18/h11-17,19-20H,3-10H2,1-2H3. The Balaban J connectivity index is 1.55.